The van der Waals surface area contributed by atoms with E-state index in [1.807, 2.05) is 31.2 Å². The molecule has 1 aliphatic rings. The molecule has 6 heteroatoms. The van der Waals surface area contributed by atoms with Crippen LogP contribution in [0, 0.1) is 25.2 Å². The summed E-state index contributed by atoms with van der Waals surface area (Å²) in [6.07, 6.45) is 1.80. The first-order chi connectivity index (χ1) is 12.5. The number of rotatable bonds is 4. The molecule has 0 amide bonds. The number of carbonyl (C=O) groups is 1. The Hall–Kier alpha value is -2.91. The van der Waals surface area contributed by atoms with Gasteiger partial charge < -0.3 is 15.3 Å². The molecule has 2 N–H and O–H groups in total. The van der Waals surface area contributed by atoms with Crippen molar-refractivity contribution >= 4 is 17.5 Å². The molecule has 2 heterocycles. The van der Waals surface area contributed by atoms with E-state index in [1.165, 1.54) is 0 Å². The lowest BCUT2D eigenvalue weighted by molar-refractivity contribution is 0.0689. The third-order valence-electron chi connectivity index (χ3n) is 4.77. The number of nitrogens with one attached hydrogen (secondary N) is 1. The molecule has 1 aromatic heterocycles. The van der Waals surface area contributed by atoms with Gasteiger partial charge in [-0.2, -0.15) is 5.26 Å². The van der Waals surface area contributed by atoms with Crippen LogP contribution in [0.25, 0.3) is 0 Å². The standard InChI is InChI=1S/C20H22N4O2/c1-13-11-14(2)19(23-18(13)20(25)26)24(16-7-9-22-10-8-16)17-6-4-3-5-15(17)12-21/h3-6,11,16,22H,7-10H2,1-2H3,(H,25,26). The maximum Gasteiger partial charge on any atom is 0.354 e. The molecule has 134 valence electrons. The van der Waals surface area contributed by atoms with Crippen LogP contribution in [0.3, 0.4) is 0 Å². The number of benzene rings is 1. The van der Waals surface area contributed by atoms with Gasteiger partial charge in [-0.15, -0.1) is 0 Å². The molecule has 1 saturated heterocycles. The minimum absolute atomic E-state index is 0.0546. The minimum atomic E-state index is -1.04. The third-order valence-corrected chi connectivity index (χ3v) is 4.77. The van der Waals surface area contributed by atoms with Crippen molar-refractivity contribution in [2.24, 2.45) is 0 Å². The smallest absolute Gasteiger partial charge is 0.354 e. The number of pyridine rings is 1. The highest BCUT2D eigenvalue weighted by Gasteiger charge is 2.28. The zero-order chi connectivity index (χ0) is 18.7. The Balaban J connectivity index is 2.20. The van der Waals surface area contributed by atoms with Crippen molar-refractivity contribution in [3.63, 3.8) is 0 Å². The zero-order valence-corrected chi connectivity index (χ0v) is 15.0. The van der Waals surface area contributed by atoms with Crippen LogP contribution in [0.2, 0.25) is 0 Å². The number of aromatic carboxylic acids is 1. The average molecular weight is 350 g/mol. The van der Waals surface area contributed by atoms with Gasteiger partial charge >= 0.3 is 5.97 Å². The van der Waals surface area contributed by atoms with E-state index in [-0.39, 0.29) is 11.7 Å². The van der Waals surface area contributed by atoms with Crippen molar-refractivity contribution in [3.8, 4) is 6.07 Å². The number of hydrogen-bond acceptors (Lipinski definition) is 5. The first kappa shape index (κ1) is 17.9. The molecule has 0 unspecified atom stereocenters. The van der Waals surface area contributed by atoms with Crippen molar-refractivity contribution in [2.75, 3.05) is 18.0 Å². The topological polar surface area (TPSA) is 89.3 Å². The van der Waals surface area contributed by atoms with Crippen molar-refractivity contribution < 1.29 is 9.90 Å². The SMILES string of the molecule is Cc1cc(C)c(N(c2ccccc2C#N)C2CCNCC2)nc1C(=O)O. The lowest BCUT2D eigenvalue weighted by Gasteiger charge is -2.37. The van der Waals surface area contributed by atoms with Gasteiger partial charge in [-0.25, -0.2) is 9.78 Å². The molecule has 1 aromatic carbocycles. The summed E-state index contributed by atoms with van der Waals surface area (Å²) in [4.78, 5) is 18.2. The Morgan fingerprint density at radius 1 is 1.27 bits per heavy atom. The number of carboxylic acids is 1. The molecule has 1 aliphatic heterocycles. The van der Waals surface area contributed by atoms with Gasteiger partial charge in [0.25, 0.3) is 0 Å². The highest BCUT2D eigenvalue weighted by Crippen LogP contribution is 2.34. The van der Waals surface area contributed by atoms with Gasteiger partial charge in [0.05, 0.1) is 11.3 Å². The Morgan fingerprint density at radius 2 is 1.96 bits per heavy atom. The maximum absolute atomic E-state index is 11.6. The van der Waals surface area contributed by atoms with Gasteiger partial charge in [-0.3, -0.25) is 0 Å². The molecule has 26 heavy (non-hydrogen) atoms. The first-order valence-electron chi connectivity index (χ1n) is 8.73. The monoisotopic (exact) mass is 350 g/mol. The quantitative estimate of drug-likeness (QED) is 0.880. The molecule has 1 fully saturated rings. The van der Waals surface area contributed by atoms with Gasteiger partial charge in [-0.1, -0.05) is 18.2 Å². The largest absolute Gasteiger partial charge is 0.477 e. The third kappa shape index (κ3) is 3.39. The molecule has 0 saturated carbocycles. The van der Waals surface area contributed by atoms with Crippen molar-refractivity contribution in [3.05, 3.63) is 52.7 Å². The van der Waals surface area contributed by atoms with Gasteiger partial charge in [0.15, 0.2) is 5.69 Å². The summed E-state index contributed by atoms with van der Waals surface area (Å²) in [5.74, 6) is -0.426. The molecular weight excluding hydrogens is 328 g/mol. The van der Waals surface area contributed by atoms with E-state index >= 15 is 0 Å². The Labute approximate surface area is 153 Å². The molecule has 3 rings (SSSR count). The maximum atomic E-state index is 11.6. The van der Waals surface area contributed by atoms with Crippen LogP contribution < -0.4 is 10.2 Å². The molecule has 0 spiro atoms. The van der Waals surface area contributed by atoms with E-state index in [2.05, 4.69) is 21.3 Å². The van der Waals surface area contributed by atoms with Crippen molar-refractivity contribution in [1.29, 1.82) is 5.26 Å². The Bertz CT molecular complexity index is 867. The lowest BCUT2D eigenvalue weighted by Crippen LogP contribution is -2.42. The predicted octanol–water partition coefficient (Wildman–Crippen LogP) is 3.16. The highest BCUT2D eigenvalue weighted by molar-refractivity contribution is 5.88. The molecule has 0 atom stereocenters. The fraction of sp³-hybridized carbons (Fsp3) is 0.350. The first-order valence-corrected chi connectivity index (χ1v) is 8.73. The number of carboxylic acid groups (broad SMARTS) is 1. The molecule has 2 aromatic rings. The van der Waals surface area contributed by atoms with E-state index in [0.29, 0.717) is 16.9 Å². The van der Waals surface area contributed by atoms with Gasteiger partial charge in [0, 0.05) is 6.04 Å². The van der Waals surface area contributed by atoms with Crippen LogP contribution in [-0.4, -0.2) is 35.2 Å². The predicted molar refractivity (Wildman–Crippen MR) is 99.9 cm³/mol. The number of para-hydroxylation sites is 1. The molecule has 0 bridgehead atoms. The van der Waals surface area contributed by atoms with Crippen molar-refractivity contribution in [1.82, 2.24) is 10.3 Å². The Kier molecular flexibility index (Phi) is 5.19. The van der Waals surface area contributed by atoms with Crippen molar-refractivity contribution in [2.45, 2.75) is 32.7 Å². The van der Waals surface area contributed by atoms with Crippen LogP contribution in [-0.2, 0) is 0 Å². The summed E-state index contributed by atoms with van der Waals surface area (Å²) >= 11 is 0. The van der Waals surface area contributed by atoms with Crippen LogP contribution >= 0.6 is 0 Å². The minimum Gasteiger partial charge on any atom is -0.477 e. The van der Waals surface area contributed by atoms with E-state index in [9.17, 15) is 15.2 Å². The second kappa shape index (κ2) is 7.54. The normalized spacial score (nSPS) is 14.7. The van der Waals surface area contributed by atoms with Gasteiger partial charge in [0.1, 0.15) is 11.9 Å². The average Bonchev–Trinajstić information content (AvgIpc) is 2.64. The number of aryl methyl sites for hydroxylation is 2. The van der Waals surface area contributed by atoms with Crippen LogP contribution in [0.15, 0.2) is 30.3 Å². The highest BCUT2D eigenvalue weighted by atomic mass is 16.4. The number of hydrogen-bond donors (Lipinski definition) is 2. The molecule has 0 aliphatic carbocycles. The number of nitrogens with zero attached hydrogens (tertiary/aromatic N) is 3. The fourth-order valence-electron chi connectivity index (χ4n) is 3.53. The molecule has 6 nitrogen and oxygen atoms in total. The van der Waals surface area contributed by atoms with Crippen LogP contribution in [0.4, 0.5) is 11.5 Å². The molecular formula is C20H22N4O2. The summed E-state index contributed by atoms with van der Waals surface area (Å²) in [5, 5.41) is 22.4. The van der Waals surface area contributed by atoms with Crippen LogP contribution in [0.1, 0.15) is 40.0 Å². The fourth-order valence-corrected chi connectivity index (χ4v) is 3.53. The summed E-state index contributed by atoms with van der Waals surface area (Å²) in [5.41, 5.74) is 2.93. The summed E-state index contributed by atoms with van der Waals surface area (Å²) in [6.45, 7) is 5.45. The number of nitriles is 1. The van der Waals surface area contributed by atoms with E-state index < -0.39 is 5.97 Å². The number of anilines is 2. The summed E-state index contributed by atoms with van der Waals surface area (Å²) in [6, 6.07) is 11.7. The van der Waals surface area contributed by atoms with Crippen LogP contribution in [0.5, 0.6) is 0 Å². The zero-order valence-electron chi connectivity index (χ0n) is 15.0. The number of piperidine rings is 1. The Morgan fingerprint density at radius 3 is 2.62 bits per heavy atom. The van der Waals surface area contributed by atoms with E-state index in [1.54, 1.807) is 13.0 Å². The van der Waals surface area contributed by atoms with Gasteiger partial charge in [0.2, 0.25) is 0 Å². The van der Waals surface area contributed by atoms with E-state index in [4.69, 9.17) is 0 Å². The summed E-state index contributed by atoms with van der Waals surface area (Å²) < 4.78 is 0. The number of aromatic nitrogens is 1. The molecule has 0 radical (unpaired) electrons. The lowest BCUT2D eigenvalue weighted by atomic mass is 10.0. The second-order valence-electron chi connectivity index (χ2n) is 6.58. The summed E-state index contributed by atoms with van der Waals surface area (Å²) in [7, 11) is 0. The second-order valence-corrected chi connectivity index (χ2v) is 6.58. The van der Waals surface area contributed by atoms with E-state index in [0.717, 1.165) is 37.2 Å². The van der Waals surface area contributed by atoms with Gasteiger partial charge in [-0.05, 0) is 63.0 Å².